The number of amides is 1. The van der Waals surface area contributed by atoms with Crippen molar-refractivity contribution in [3.63, 3.8) is 0 Å². The van der Waals surface area contributed by atoms with E-state index in [9.17, 15) is 19.7 Å². The molecule has 0 radical (unpaired) electrons. The second-order valence-electron chi connectivity index (χ2n) is 10.3. The molecule has 37 heavy (non-hydrogen) atoms. The highest BCUT2D eigenvalue weighted by Gasteiger charge is 2.43. The van der Waals surface area contributed by atoms with E-state index < -0.39 is 18.0 Å². The Bertz CT molecular complexity index is 1470. The van der Waals surface area contributed by atoms with Crippen LogP contribution in [0.5, 0.6) is 0 Å². The van der Waals surface area contributed by atoms with Crippen molar-refractivity contribution in [2.24, 2.45) is 12.5 Å². The summed E-state index contributed by atoms with van der Waals surface area (Å²) in [6.07, 6.45) is 3.76. The number of piperazine rings is 1. The van der Waals surface area contributed by atoms with E-state index in [0.717, 1.165) is 35.1 Å². The van der Waals surface area contributed by atoms with Gasteiger partial charge in [0, 0.05) is 49.2 Å². The van der Waals surface area contributed by atoms with Gasteiger partial charge in [0.25, 0.3) is 0 Å². The first kappa shape index (κ1) is 24.6. The minimum Gasteiger partial charge on any atom is -0.349 e. The number of nitrogens with zero attached hydrogens (tertiary/aromatic N) is 8. The van der Waals surface area contributed by atoms with Gasteiger partial charge in [0.2, 0.25) is 5.91 Å². The molecule has 1 aromatic carbocycles. The molecular formula is C27H29FN8O. The Balaban J connectivity index is 1.58. The third-order valence-corrected chi connectivity index (χ3v) is 7.87. The Morgan fingerprint density at radius 2 is 1.95 bits per heavy atom. The highest BCUT2D eigenvalue weighted by atomic mass is 19.1. The molecule has 10 heteroatoms. The molecule has 9 nitrogen and oxygen atoms in total. The molecule has 0 spiro atoms. The van der Waals surface area contributed by atoms with Crippen molar-refractivity contribution in [2.45, 2.75) is 51.6 Å². The zero-order chi connectivity index (χ0) is 26.5. The van der Waals surface area contributed by atoms with Crippen LogP contribution in [-0.4, -0.2) is 62.4 Å². The Labute approximate surface area is 215 Å². The molecule has 3 atom stereocenters. The molecule has 190 valence electrons. The standard InChI is InChI=1S/C27H29FN8O/c1-16-17(2)36(26(37)27(3,13-28)14-30)10-9-35(16)25-23-20(18-5-6-18)7-8-21(24(23)31-15-32-25)22-11-19(12-29)34(4)33-22/h7-8,11,15-18H,5-6,9-10,13H2,1-4H3/t16-,17+,27-/m0/s1. The summed E-state index contributed by atoms with van der Waals surface area (Å²) in [5, 5.41) is 24.4. The Kier molecular flexibility index (Phi) is 6.07. The predicted octanol–water partition coefficient (Wildman–Crippen LogP) is 3.70. The predicted molar refractivity (Wildman–Crippen MR) is 136 cm³/mol. The van der Waals surface area contributed by atoms with Crippen LogP contribution in [0.1, 0.15) is 50.8 Å². The number of aromatic nitrogens is 4. The van der Waals surface area contributed by atoms with Gasteiger partial charge in [-0.3, -0.25) is 9.48 Å². The number of benzene rings is 1. The van der Waals surface area contributed by atoms with Crippen molar-refractivity contribution in [1.29, 1.82) is 10.5 Å². The SMILES string of the molecule is C[C@@H]1[C@H](C)N(c2ncnc3c(-c4cc(C#N)n(C)n4)ccc(C4CC4)c23)CCN1C(=O)[C@](C)(C#N)CF. The van der Waals surface area contributed by atoms with Gasteiger partial charge >= 0.3 is 0 Å². The number of carbonyl (C=O) groups is 1. The number of nitriles is 2. The molecule has 1 saturated carbocycles. The van der Waals surface area contributed by atoms with Crippen LogP contribution in [-0.2, 0) is 11.8 Å². The molecule has 0 unspecified atom stereocenters. The number of hydrogen-bond donors (Lipinski definition) is 0. The van der Waals surface area contributed by atoms with Crippen LogP contribution < -0.4 is 4.90 Å². The fourth-order valence-electron chi connectivity index (χ4n) is 5.22. The van der Waals surface area contributed by atoms with Crippen LogP contribution in [0.25, 0.3) is 22.2 Å². The van der Waals surface area contributed by atoms with Gasteiger partial charge < -0.3 is 9.80 Å². The summed E-state index contributed by atoms with van der Waals surface area (Å²) in [5.74, 6) is 0.759. The highest BCUT2D eigenvalue weighted by Crippen LogP contribution is 2.47. The number of aryl methyl sites for hydroxylation is 1. The van der Waals surface area contributed by atoms with Gasteiger partial charge in [-0.15, -0.1) is 0 Å². The second-order valence-corrected chi connectivity index (χ2v) is 10.3. The average Bonchev–Trinajstić information content (AvgIpc) is 3.69. The van der Waals surface area contributed by atoms with E-state index in [2.05, 4.69) is 27.1 Å². The Morgan fingerprint density at radius 1 is 1.19 bits per heavy atom. The molecular weight excluding hydrogens is 471 g/mol. The molecule has 1 amide bonds. The van der Waals surface area contributed by atoms with Gasteiger partial charge in [-0.25, -0.2) is 14.4 Å². The average molecular weight is 501 g/mol. The molecule has 3 aromatic rings. The Hall–Kier alpha value is -4.05. The van der Waals surface area contributed by atoms with Crippen LogP contribution in [0.2, 0.25) is 0 Å². The minimum atomic E-state index is -1.68. The first-order valence-corrected chi connectivity index (χ1v) is 12.5. The normalized spacial score (nSPS) is 21.4. The summed E-state index contributed by atoms with van der Waals surface area (Å²) in [5.41, 5.74) is 2.27. The fraction of sp³-hybridized carbons (Fsp3) is 0.481. The lowest BCUT2D eigenvalue weighted by Crippen LogP contribution is -2.61. The lowest BCUT2D eigenvalue weighted by molar-refractivity contribution is -0.142. The van der Waals surface area contributed by atoms with Crippen molar-refractivity contribution in [3.05, 3.63) is 35.8 Å². The van der Waals surface area contributed by atoms with E-state index in [-0.39, 0.29) is 12.1 Å². The first-order valence-electron chi connectivity index (χ1n) is 12.5. The van der Waals surface area contributed by atoms with Crippen molar-refractivity contribution in [3.8, 4) is 23.4 Å². The smallest absolute Gasteiger partial charge is 0.245 e. The van der Waals surface area contributed by atoms with Crippen LogP contribution in [0, 0.1) is 28.1 Å². The summed E-state index contributed by atoms with van der Waals surface area (Å²) >= 11 is 0. The maximum atomic E-state index is 13.6. The molecule has 2 aliphatic rings. The van der Waals surface area contributed by atoms with Crippen molar-refractivity contribution >= 4 is 22.6 Å². The maximum absolute atomic E-state index is 13.6. The van der Waals surface area contributed by atoms with Crippen molar-refractivity contribution in [2.75, 3.05) is 24.7 Å². The van der Waals surface area contributed by atoms with Crippen LogP contribution in [0.3, 0.4) is 0 Å². The number of hydrogen-bond acceptors (Lipinski definition) is 7. The largest absolute Gasteiger partial charge is 0.349 e. The number of halogens is 1. The Morgan fingerprint density at radius 3 is 2.57 bits per heavy atom. The first-order chi connectivity index (χ1) is 17.7. The summed E-state index contributed by atoms with van der Waals surface area (Å²) in [7, 11) is 1.74. The van der Waals surface area contributed by atoms with Crippen LogP contribution in [0.4, 0.5) is 10.2 Å². The zero-order valence-corrected chi connectivity index (χ0v) is 21.4. The molecule has 1 aliphatic heterocycles. The molecule has 0 N–H and O–H groups in total. The zero-order valence-electron chi connectivity index (χ0n) is 21.4. The van der Waals surface area contributed by atoms with Crippen LogP contribution in [0.15, 0.2) is 24.5 Å². The molecule has 1 aliphatic carbocycles. The van der Waals surface area contributed by atoms with E-state index in [0.29, 0.717) is 30.4 Å². The molecule has 5 rings (SSSR count). The van der Waals surface area contributed by atoms with Gasteiger partial charge in [0.05, 0.1) is 17.3 Å². The van der Waals surface area contributed by atoms with E-state index in [1.54, 1.807) is 29.0 Å². The molecule has 2 fully saturated rings. The maximum Gasteiger partial charge on any atom is 0.245 e. The minimum absolute atomic E-state index is 0.130. The van der Waals surface area contributed by atoms with E-state index >= 15 is 0 Å². The number of rotatable bonds is 5. The number of anilines is 1. The molecule has 0 bridgehead atoms. The van der Waals surface area contributed by atoms with Gasteiger partial charge in [0.1, 0.15) is 30.6 Å². The van der Waals surface area contributed by atoms with Crippen molar-refractivity contribution < 1.29 is 9.18 Å². The summed E-state index contributed by atoms with van der Waals surface area (Å²) in [6, 6.07) is 9.54. The number of alkyl halides is 1. The third-order valence-electron chi connectivity index (χ3n) is 7.87. The van der Waals surface area contributed by atoms with Gasteiger partial charge in [-0.2, -0.15) is 15.6 Å². The van der Waals surface area contributed by atoms with Gasteiger partial charge in [0.15, 0.2) is 5.41 Å². The highest BCUT2D eigenvalue weighted by molar-refractivity contribution is 6.01. The number of fused-ring (bicyclic) bond motifs is 1. The van der Waals surface area contributed by atoms with Crippen molar-refractivity contribution in [1.82, 2.24) is 24.6 Å². The molecule has 1 saturated heterocycles. The van der Waals surface area contributed by atoms with Gasteiger partial charge in [-0.05, 0) is 45.1 Å². The van der Waals surface area contributed by atoms with E-state index in [1.807, 2.05) is 26.0 Å². The van der Waals surface area contributed by atoms with Gasteiger partial charge in [-0.1, -0.05) is 12.1 Å². The summed E-state index contributed by atoms with van der Waals surface area (Å²) < 4.78 is 15.2. The monoisotopic (exact) mass is 500 g/mol. The quantitative estimate of drug-likeness (QED) is 0.525. The fourth-order valence-corrected chi connectivity index (χ4v) is 5.22. The topological polar surface area (TPSA) is 115 Å². The lowest BCUT2D eigenvalue weighted by Gasteiger charge is -2.47. The molecule has 3 heterocycles. The summed E-state index contributed by atoms with van der Waals surface area (Å²) in [6.45, 7) is 5.14. The van der Waals surface area contributed by atoms with Crippen LogP contribution >= 0.6 is 0 Å². The van der Waals surface area contributed by atoms with E-state index in [1.165, 1.54) is 12.5 Å². The third kappa shape index (κ3) is 3.97. The second kappa shape index (κ2) is 9.11. The molecule has 2 aromatic heterocycles. The summed E-state index contributed by atoms with van der Waals surface area (Å²) in [4.78, 5) is 26.3. The lowest BCUT2D eigenvalue weighted by atomic mass is 9.90. The van der Waals surface area contributed by atoms with E-state index in [4.69, 9.17) is 4.98 Å². The number of carbonyl (C=O) groups excluding carboxylic acids is 1.